The van der Waals surface area contributed by atoms with Crippen LogP contribution in [0.1, 0.15) is 0 Å². The molecule has 0 amide bonds. The van der Waals surface area contributed by atoms with Crippen molar-refractivity contribution in [3.05, 3.63) is 30.6 Å². The van der Waals surface area contributed by atoms with Gasteiger partial charge in [-0.25, -0.2) is 0 Å². The first-order valence-electron chi connectivity index (χ1n) is 2.50. The summed E-state index contributed by atoms with van der Waals surface area (Å²) in [7, 11) is -3.67. The molecule has 0 aromatic carbocycles. The SMILES string of the molecule is FB(F)F.[SiH4].c1ccncc1. The van der Waals surface area contributed by atoms with Crippen LogP contribution in [0.25, 0.3) is 0 Å². The van der Waals surface area contributed by atoms with Gasteiger partial charge in [0, 0.05) is 12.4 Å². The minimum Gasteiger partial charge on any atom is -0.265 e. The summed E-state index contributed by atoms with van der Waals surface area (Å²) in [6.07, 6.45) is 3.50. The zero-order valence-corrected chi connectivity index (χ0v) is 5.05. The number of nitrogens with zero attached hydrogens (tertiary/aromatic N) is 1. The first-order valence-corrected chi connectivity index (χ1v) is 2.50. The molecule has 0 saturated carbocycles. The van der Waals surface area contributed by atoms with Crippen molar-refractivity contribution in [2.75, 3.05) is 0 Å². The van der Waals surface area contributed by atoms with Gasteiger partial charge in [0.25, 0.3) is 0 Å². The highest BCUT2D eigenvalue weighted by molar-refractivity contribution is 6.33. The molecule has 0 spiro atoms. The fourth-order valence-electron chi connectivity index (χ4n) is 0.313. The second-order valence-corrected chi connectivity index (χ2v) is 1.27. The lowest BCUT2D eigenvalue weighted by Gasteiger charge is -1.70. The zero-order valence-electron chi connectivity index (χ0n) is 5.05. The molecule has 6 heteroatoms. The molecule has 0 N–H and O–H groups in total. The Morgan fingerprint density at radius 2 is 1.27 bits per heavy atom. The van der Waals surface area contributed by atoms with E-state index in [1.165, 1.54) is 0 Å². The van der Waals surface area contributed by atoms with Crippen LogP contribution in [0.3, 0.4) is 0 Å². The fraction of sp³-hybridized carbons (Fsp3) is 0. The number of pyridine rings is 1. The second kappa shape index (κ2) is 9.22. The number of rotatable bonds is 0. The van der Waals surface area contributed by atoms with Crippen molar-refractivity contribution in [3.8, 4) is 0 Å². The summed E-state index contributed by atoms with van der Waals surface area (Å²) >= 11 is 0. The highest BCUT2D eigenvalue weighted by Gasteiger charge is 2.06. The Kier molecular flexibility index (Phi) is 10.8. The normalized spacial score (nSPS) is 6.82. The topological polar surface area (TPSA) is 12.9 Å². The van der Waals surface area contributed by atoms with Crippen LogP contribution in [0, 0.1) is 0 Å². The van der Waals surface area contributed by atoms with E-state index < -0.39 is 7.54 Å². The maximum Gasteiger partial charge on any atom is 0.762 e. The van der Waals surface area contributed by atoms with Crippen molar-refractivity contribution in [1.29, 1.82) is 0 Å². The summed E-state index contributed by atoms with van der Waals surface area (Å²) in [5, 5.41) is 0. The molecule has 11 heavy (non-hydrogen) atoms. The standard InChI is InChI=1S/C5H5N.BF3.H4Si/c1-2-4-6-5-3-1;2-1(3)4;/h1-5H;;1H4. The smallest absolute Gasteiger partial charge is 0.265 e. The Morgan fingerprint density at radius 1 is 0.909 bits per heavy atom. The average molecular weight is 179 g/mol. The van der Waals surface area contributed by atoms with Crippen molar-refractivity contribution >= 4 is 18.5 Å². The van der Waals surface area contributed by atoms with E-state index in [2.05, 4.69) is 4.98 Å². The van der Waals surface area contributed by atoms with Crippen molar-refractivity contribution < 1.29 is 12.9 Å². The van der Waals surface area contributed by atoms with E-state index in [4.69, 9.17) is 0 Å². The summed E-state index contributed by atoms with van der Waals surface area (Å²) in [6.45, 7) is 0. The van der Waals surface area contributed by atoms with Gasteiger partial charge in [-0.05, 0) is 23.1 Å². The van der Waals surface area contributed by atoms with E-state index in [1.54, 1.807) is 12.4 Å². The van der Waals surface area contributed by atoms with Gasteiger partial charge >= 0.3 is 7.54 Å². The van der Waals surface area contributed by atoms with Gasteiger partial charge in [0.05, 0.1) is 0 Å². The molecule has 1 aromatic rings. The molecule has 0 aliphatic heterocycles. The van der Waals surface area contributed by atoms with Gasteiger partial charge in [-0.1, -0.05) is 6.07 Å². The maximum atomic E-state index is 9.67. The molecular formula is C5H9BF3NSi. The summed E-state index contributed by atoms with van der Waals surface area (Å²) in [6, 6.07) is 5.72. The lowest BCUT2D eigenvalue weighted by atomic mass is 10.5. The number of aromatic nitrogens is 1. The Balaban J connectivity index is 0. The van der Waals surface area contributed by atoms with E-state index in [-0.39, 0.29) is 11.0 Å². The monoisotopic (exact) mass is 179 g/mol. The molecule has 0 atom stereocenters. The van der Waals surface area contributed by atoms with Gasteiger partial charge in [0.2, 0.25) is 0 Å². The van der Waals surface area contributed by atoms with Crippen LogP contribution in [-0.2, 0) is 0 Å². The summed E-state index contributed by atoms with van der Waals surface area (Å²) in [5.74, 6) is 0. The van der Waals surface area contributed by atoms with Crippen LogP contribution in [0.5, 0.6) is 0 Å². The number of hydrogen-bond acceptors (Lipinski definition) is 1. The first-order chi connectivity index (χ1) is 4.73. The van der Waals surface area contributed by atoms with E-state index >= 15 is 0 Å². The zero-order chi connectivity index (χ0) is 7.82. The molecule has 1 aromatic heterocycles. The molecule has 0 aliphatic rings. The molecule has 0 fully saturated rings. The second-order valence-electron chi connectivity index (χ2n) is 1.27. The van der Waals surface area contributed by atoms with Crippen LogP contribution in [0.15, 0.2) is 30.6 Å². The number of hydrogen-bond donors (Lipinski definition) is 0. The lowest BCUT2D eigenvalue weighted by Crippen LogP contribution is -1.76. The molecule has 0 unspecified atom stereocenters. The quantitative estimate of drug-likeness (QED) is 0.528. The fourth-order valence-corrected chi connectivity index (χ4v) is 0.313. The number of halogens is 3. The van der Waals surface area contributed by atoms with E-state index in [1.807, 2.05) is 18.2 Å². The average Bonchev–Trinajstić information content (AvgIpc) is 1.90. The molecule has 1 nitrogen and oxygen atoms in total. The van der Waals surface area contributed by atoms with E-state index in [0.29, 0.717) is 0 Å². The Bertz CT molecular complexity index is 122. The largest absolute Gasteiger partial charge is 0.762 e. The van der Waals surface area contributed by atoms with Gasteiger partial charge < -0.3 is 0 Å². The molecule has 0 aliphatic carbocycles. The van der Waals surface area contributed by atoms with Crippen LogP contribution in [-0.4, -0.2) is 23.5 Å². The third kappa shape index (κ3) is 17.6. The predicted molar refractivity (Wildman–Crippen MR) is 44.6 cm³/mol. The van der Waals surface area contributed by atoms with Crippen LogP contribution in [0.2, 0.25) is 0 Å². The van der Waals surface area contributed by atoms with E-state index in [0.717, 1.165) is 0 Å². The molecule has 62 valence electrons. The van der Waals surface area contributed by atoms with E-state index in [9.17, 15) is 12.9 Å². The third-order valence-electron chi connectivity index (χ3n) is 0.566. The lowest BCUT2D eigenvalue weighted by molar-refractivity contribution is 0.535. The molecule has 0 radical (unpaired) electrons. The molecule has 1 heterocycles. The molecular weight excluding hydrogens is 170 g/mol. The highest BCUT2D eigenvalue weighted by Crippen LogP contribution is 1.80. The summed E-state index contributed by atoms with van der Waals surface area (Å²) < 4.78 is 29.0. The third-order valence-corrected chi connectivity index (χ3v) is 0.566. The van der Waals surface area contributed by atoms with Crippen LogP contribution in [0.4, 0.5) is 12.9 Å². The van der Waals surface area contributed by atoms with Gasteiger partial charge in [0.1, 0.15) is 0 Å². The van der Waals surface area contributed by atoms with Crippen molar-refractivity contribution in [2.24, 2.45) is 0 Å². The summed E-state index contributed by atoms with van der Waals surface area (Å²) in [5.41, 5.74) is 0. The Labute approximate surface area is 67.9 Å². The van der Waals surface area contributed by atoms with Gasteiger partial charge in [-0.2, -0.15) is 0 Å². The Morgan fingerprint density at radius 3 is 1.36 bits per heavy atom. The van der Waals surface area contributed by atoms with Gasteiger partial charge in [-0.15, -0.1) is 0 Å². The van der Waals surface area contributed by atoms with Crippen molar-refractivity contribution in [2.45, 2.75) is 0 Å². The summed E-state index contributed by atoms with van der Waals surface area (Å²) in [4.78, 5) is 3.78. The van der Waals surface area contributed by atoms with Crippen LogP contribution < -0.4 is 0 Å². The minimum absolute atomic E-state index is 0. The molecule has 0 bridgehead atoms. The van der Waals surface area contributed by atoms with Crippen LogP contribution >= 0.6 is 0 Å². The highest BCUT2D eigenvalue weighted by atomic mass is 28.1. The predicted octanol–water partition coefficient (Wildman–Crippen LogP) is 0.510. The maximum absolute atomic E-state index is 9.67. The van der Waals surface area contributed by atoms with Crippen molar-refractivity contribution in [1.82, 2.24) is 4.98 Å². The van der Waals surface area contributed by atoms with Crippen molar-refractivity contribution in [3.63, 3.8) is 0 Å². The molecule has 1 rings (SSSR count). The molecule has 0 saturated heterocycles. The van der Waals surface area contributed by atoms with Gasteiger partial charge in [0.15, 0.2) is 0 Å². The first kappa shape index (κ1) is 12.9. The minimum atomic E-state index is -3.67. The Hall–Kier alpha value is -0.778. The van der Waals surface area contributed by atoms with Gasteiger partial charge in [-0.3, -0.25) is 17.9 Å².